The average molecular weight is 758 g/mol. The van der Waals surface area contributed by atoms with Gasteiger partial charge in [0, 0.05) is 13.1 Å². The summed E-state index contributed by atoms with van der Waals surface area (Å²) in [6.07, 6.45) is 5.44. The average Bonchev–Trinajstić information content (AvgIpc) is 3.10. The number of halogens is 2. The molecule has 0 aromatic heterocycles. The summed E-state index contributed by atoms with van der Waals surface area (Å²) in [6, 6.07) is 54.3. The topological polar surface area (TPSA) is 3.24 Å². The fourth-order valence-electron chi connectivity index (χ4n) is 5.03. The van der Waals surface area contributed by atoms with Gasteiger partial charge in [0.25, 0.3) is 0 Å². The molecule has 0 fully saturated rings. The third-order valence-electron chi connectivity index (χ3n) is 7.19. The Morgan fingerprint density at radius 1 is 0.533 bits per heavy atom. The third-order valence-corrected chi connectivity index (χ3v) is 13.7. The normalized spacial score (nSPS) is 11.1. The van der Waals surface area contributed by atoms with Crippen molar-refractivity contribution in [1.29, 1.82) is 0 Å². The van der Waals surface area contributed by atoms with E-state index < -0.39 is 13.5 Å². The Morgan fingerprint density at radius 3 is 1.18 bits per heavy atom. The minimum atomic E-state index is -1.74. The van der Waals surface area contributed by atoms with E-state index in [4.69, 9.17) is 19.4 Å². The van der Waals surface area contributed by atoms with Crippen LogP contribution in [0.25, 0.3) is 6.08 Å². The first-order valence-electron chi connectivity index (χ1n) is 15.3. The van der Waals surface area contributed by atoms with Gasteiger partial charge in [0.15, 0.2) is 0 Å². The van der Waals surface area contributed by atoms with Gasteiger partial charge in [-0.1, -0.05) is 128 Å². The van der Waals surface area contributed by atoms with E-state index in [1.54, 1.807) is 0 Å². The second-order valence-corrected chi connectivity index (χ2v) is 20.4. The zero-order valence-corrected chi connectivity index (χ0v) is 30.7. The van der Waals surface area contributed by atoms with Crippen molar-refractivity contribution in [3.05, 3.63) is 157 Å². The van der Waals surface area contributed by atoms with Gasteiger partial charge in [-0.15, -0.1) is 0 Å². The van der Waals surface area contributed by atoms with Crippen LogP contribution in [0.5, 0.6) is 0 Å². The summed E-state index contributed by atoms with van der Waals surface area (Å²) in [7, 11) is 10.5. The zero-order chi connectivity index (χ0) is 31.5. The van der Waals surface area contributed by atoms with Crippen LogP contribution >= 0.6 is 35.2 Å². The predicted molar refractivity (Wildman–Crippen MR) is 202 cm³/mol. The molecule has 0 radical (unpaired) electrons. The molecule has 45 heavy (non-hydrogen) atoms. The van der Waals surface area contributed by atoms with Crippen molar-refractivity contribution < 1.29 is 13.5 Å². The van der Waals surface area contributed by atoms with Crippen LogP contribution in [0.1, 0.15) is 18.9 Å². The predicted octanol–water partition coefficient (Wildman–Crippen LogP) is 8.99. The maximum atomic E-state index is 5.59. The molecule has 1 nitrogen and oxygen atoms in total. The molecule has 0 heterocycles. The molecule has 0 bridgehead atoms. The van der Waals surface area contributed by atoms with E-state index in [0.717, 1.165) is 18.7 Å². The van der Waals surface area contributed by atoms with Crippen molar-refractivity contribution in [2.75, 3.05) is 32.0 Å². The van der Waals surface area contributed by atoms with E-state index in [1.807, 2.05) is 36.4 Å². The molecule has 0 saturated heterocycles. The Labute approximate surface area is 286 Å². The Balaban J connectivity index is 0.000000354. The quantitative estimate of drug-likeness (QED) is 0.0857. The Kier molecular flexibility index (Phi) is 16.5. The molecule has 0 aliphatic rings. The summed E-state index contributed by atoms with van der Waals surface area (Å²) in [4.78, 5) is 2.71. The van der Waals surface area contributed by atoms with Gasteiger partial charge >= 0.3 is 79.1 Å². The molecule has 234 valence electrons. The van der Waals surface area contributed by atoms with Gasteiger partial charge in [0.2, 0.25) is 0 Å². The number of hydrogen-bond donors (Lipinski definition) is 0. The molecule has 5 aromatic carbocycles. The second kappa shape index (κ2) is 20.8. The van der Waals surface area contributed by atoms with Crippen LogP contribution in [0.15, 0.2) is 152 Å². The van der Waals surface area contributed by atoms with E-state index in [0.29, 0.717) is 0 Å². The van der Waals surface area contributed by atoms with E-state index in [2.05, 4.69) is 137 Å². The molecule has 0 atom stereocenters. The first-order valence-corrected chi connectivity index (χ1v) is 23.7. The number of hydrogen-bond acceptors (Lipinski definition) is 1. The van der Waals surface area contributed by atoms with Gasteiger partial charge in [-0.3, -0.25) is 0 Å². The fourth-order valence-corrected chi connectivity index (χ4v) is 10.7. The van der Waals surface area contributed by atoms with Gasteiger partial charge in [0.1, 0.15) is 0 Å². The second-order valence-electron chi connectivity index (χ2n) is 10.3. The number of nitrogens with zero attached hydrogens (tertiary/aromatic N) is 1. The first-order chi connectivity index (χ1) is 22.1. The summed E-state index contributed by atoms with van der Waals surface area (Å²) < 4.78 is 2.91. The molecule has 0 aliphatic carbocycles. The van der Waals surface area contributed by atoms with Gasteiger partial charge in [-0.05, 0) is 62.4 Å². The maximum absolute atomic E-state index is 5.59. The van der Waals surface area contributed by atoms with Crippen LogP contribution in [-0.4, -0.2) is 41.1 Å². The van der Waals surface area contributed by atoms with Crippen LogP contribution in [0, 0.1) is 0 Å². The Bertz CT molecular complexity index is 1400. The Morgan fingerprint density at radius 2 is 0.867 bits per heavy atom. The summed E-state index contributed by atoms with van der Waals surface area (Å²) in [5, 5.41) is 5.93. The number of rotatable bonds is 13. The van der Waals surface area contributed by atoms with E-state index in [1.165, 1.54) is 46.5 Å². The molecule has 6 heteroatoms. The Hall–Kier alpha value is -2.23. The van der Waals surface area contributed by atoms with Crippen molar-refractivity contribution in [1.82, 2.24) is 4.90 Å². The van der Waals surface area contributed by atoms with Crippen molar-refractivity contribution in [2.45, 2.75) is 13.3 Å². The van der Waals surface area contributed by atoms with E-state index in [9.17, 15) is 0 Å². The van der Waals surface area contributed by atoms with Gasteiger partial charge in [-0.2, -0.15) is 0 Å². The van der Waals surface area contributed by atoms with Gasteiger partial charge in [-0.25, -0.2) is 0 Å². The first kappa shape index (κ1) is 35.6. The molecule has 0 saturated carbocycles. The van der Waals surface area contributed by atoms with Crippen LogP contribution in [0.2, 0.25) is 0 Å². The molecule has 0 amide bonds. The molecular weight excluding hydrogens is 716 g/mol. The van der Waals surface area contributed by atoms with Crippen molar-refractivity contribution in [2.24, 2.45) is 0 Å². The van der Waals surface area contributed by atoms with Crippen LogP contribution in [-0.2, 0) is 13.5 Å². The van der Waals surface area contributed by atoms with Crippen molar-refractivity contribution >= 4 is 66.8 Å². The molecule has 0 aliphatic heterocycles. The monoisotopic (exact) mass is 757 g/mol. The zero-order valence-electron chi connectivity index (χ0n) is 25.7. The van der Waals surface area contributed by atoms with Gasteiger partial charge < -0.3 is 4.90 Å². The molecule has 0 N–H and O–H groups in total. The standard InChI is InChI=1S/C31H35NP2.C8H6.2ClH.Ru/c1-2-23-32(24-26-33(28-15-7-3-8-16-28)29-17-9-4-10-18-29)25-27-34(30-19-11-5-12-20-30)31-21-13-6-14-22-31;1-2-8-6-4-3-5-7-8;;;/h3-22H,2,23-27H2,1H3;2-7H;2*1H;/q;;;;+2/p-2. The summed E-state index contributed by atoms with van der Waals surface area (Å²) in [5.41, 5.74) is 1.09. The van der Waals surface area contributed by atoms with Crippen LogP contribution in [0.3, 0.4) is 0 Å². The summed E-state index contributed by atoms with van der Waals surface area (Å²) >= 11 is -1.74. The molecule has 5 rings (SSSR count). The minimum absolute atomic E-state index is 0.344. The van der Waals surface area contributed by atoms with Crippen molar-refractivity contribution in [3.63, 3.8) is 0 Å². The molecule has 0 spiro atoms. The SMILES string of the molecule is CCCN(CCP(c1ccccc1)c1ccccc1)CCP(c1ccccc1)c1ccccc1.[Cl][Ru]([Cl])=[C]=Cc1ccccc1. The van der Waals surface area contributed by atoms with Crippen LogP contribution in [0.4, 0.5) is 0 Å². The third kappa shape index (κ3) is 12.8. The fraction of sp³-hybridized carbons (Fsp3) is 0.179. The molecule has 0 unspecified atom stereocenters. The number of benzene rings is 5. The molecule has 5 aromatic rings. The molecular formula is C39H41Cl2NP2Ru. The van der Waals surface area contributed by atoms with Gasteiger partial charge in [0.05, 0.1) is 0 Å². The van der Waals surface area contributed by atoms with Crippen LogP contribution < -0.4 is 21.2 Å². The summed E-state index contributed by atoms with van der Waals surface area (Å²) in [6.45, 7) is 5.77. The summed E-state index contributed by atoms with van der Waals surface area (Å²) in [5.74, 6) is 0. The van der Waals surface area contributed by atoms with E-state index >= 15 is 0 Å². The van der Waals surface area contributed by atoms with E-state index in [-0.39, 0.29) is 15.8 Å². The van der Waals surface area contributed by atoms with Crippen molar-refractivity contribution in [3.8, 4) is 0 Å².